The maximum atomic E-state index is 13.0. The summed E-state index contributed by atoms with van der Waals surface area (Å²) in [5.74, 6) is 0. The molecule has 0 atom stereocenters. The number of rotatable bonds is 1. The topological polar surface area (TPSA) is 15.8 Å². The van der Waals surface area contributed by atoms with Crippen molar-refractivity contribution >= 4 is 10.9 Å². The maximum absolute atomic E-state index is 13.0. The van der Waals surface area contributed by atoms with E-state index in [0.29, 0.717) is 5.56 Å². The van der Waals surface area contributed by atoms with Crippen LogP contribution in [0, 0.1) is 0 Å². The van der Waals surface area contributed by atoms with Crippen LogP contribution < -0.4 is 0 Å². The largest absolute Gasteiger partial charge is 0.417 e. The van der Waals surface area contributed by atoms with Gasteiger partial charge in [-0.05, 0) is 40.8 Å². The van der Waals surface area contributed by atoms with Crippen LogP contribution in [0.25, 0.3) is 22.0 Å². The van der Waals surface area contributed by atoms with Crippen molar-refractivity contribution in [3.05, 3.63) is 60.3 Å². The van der Waals surface area contributed by atoms with Gasteiger partial charge in [-0.15, -0.1) is 0 Å². The smallest absolute Gasteiger partial charge is 0.361 e. The van der Waals surface area contributed by atoms with Gasteiger partial charge in [0, 0.05) is 11.7 Å². The molecule has 1 aromatic heterocycles. The Labute approximate surface area is 107 Å². The van der Waals surface area contributed by atoms with Gasteiger partial charge in [0.25, 0.3) is 0 Å². The highest BCUT2D eigenvalue weighted by molar-refractivity contribution is 5.85. The number of aromatic nitrogens is 1. The lowest BCUT2D eigenvalue weighted by atomic mass is 9.98. The number of hydrogen-bond donors (Lipinski definition) is 1. The van der Waals surface area contributed by atoms with Crippen LogP contribution in [0.2, 0.25) is 0 Å². The first-order valence-corrected chi connectivity index (χ1v) is 5.79. The van der Waals surface area contributed by atoms with Gasteiger partial charge in [-0.25, -0.2) is 0 Å². The number of fused-ring (bicyclic) bond motifs is 1. The molecule has 0 aliphatic rings. The summed E-state index contributed by atoms with van der Waals surface area (Å²) in [5, 5.41) is 0.898. The molecule has 0 amide bonds. The second-order valence-corrected chi connectivity index (χ2v) is 4.32. The highest BCUT2D eigenvalue weighted by Crippen LogP contribution is 2.37. The van der Waals surface area contributed by atoms with Crippen LogP contribution in [0.4, 0.5) is 13.2 Å². The second-order valence-electron chi connectivity index (χ2n) is 4.32. The fourth-order valence-electron chi connectivity index (χ4n) is 2.20. The predicted octanol–water partition coefficient (Wildman–Crippen LogP) is 4.85. The molecule has 1 N–H and O–H groups in total. The average molecular weight is 261 g/mol. The van der Waals surface area contributed by atoms with Crippen LogP contribution in [0.5, 0.6) is 0 Å². The van der Waals surface area contributed by atoms with E-state index in [-0.39, 0.29) is 5.56 Å². The van der Waals surface area contributed by atoms with Gasteiger partial charge in [0.1, 0.15) is 0 Å². The predicted molar refractivity (Wildman–Crippen MR) is 68.7 cm³/mol. The fourth-order valence-corrected chi connectivity index (χ4v) is 2.20. The summed E-state index contributed by atoms with van der Waals surface area (Å²) in [6, 6.07) is 12.7. The standard InChI is InChI=1S/C15H10F3N/c16-15(17,18)13-4-2-1-3-12(13)10-5-6-14-11(9-10)7-8-19-14/h1-9,19H. The third-order valence-electron chi connectivity index (χ3n) is 3.10. The van der Waals surface area contributed by atoms with E-state index in [2.05, 4.69) is 4.98 Å². The second kappa shape index (κ2) is 4.16. The summed E-state index contributed by atoms with van der Waals surface area (Å²) in [5.41, 5.74) is 1.08. The summed E-state index contributed by atoms with van der Waals surface area (Å²) in [7, 11) is 0. The lowest BCUT2D eigenvalue weighted by Gasteiger charge is -2.12. The molecule has 1 heterocycles. The molecule has 3 rings (SSSR count). The number of benzene rings is 2. The van der Waals surface area contributed by atoms with Crippen molar-refractivity contribution in [3.8, 4) is 11.1 Å². The Balaban J connectivity index is 2.21. The molecule has 0 bridgehead atoms. The van der Waals surface area contributed by atoms with Gasteiger partial charge in [0.05, 0.1) is 5.56 Å². The minimum Gasteiger partial charge on any atom is -0.361 e. The summed E-state index contributed by atoms with van der Waals surface area (Å²) in [6.07, 6.45) is -2.58. The number of aromatic amines is 1. The minimum absolute atomic E-state index is 0.207. The molecule has 0 unspecified atom stereocenters. The van der Waals surface area contributed by atoms with Gasteiger partial charge in [0.15, 0.2) is 0 Å². The first-order chi connectivity index (χ1) is 9.05. The Morgan fingerprint density at radius 1 is 0.895 bits per heavy atom. The molecule has 1 nitrogen and oxygen atoms in total. The number of halogens is 3. The van der Waals surface area contributed by atoms with Crippen molar-refractivity contribution in [1.82, 2.24) is 4.98 Å². The normalized spacial score (nSPS) is 11.9. The van der Waals surface area contributed by atoms with Crippen LogP contribution in [0.1, 0.15) is 5.56 Å². The monoisotopic (exact) mass is 261 g/mol. The molecular formula is C15H10F3N. The molecule has 3 aromatic rings. The molecule has 0 spiro atoms. The molecule has 2 aromatic carbocycles. The van der Waals surface area contributed by atoms with Gasteiger partial charge in [0.2, 0.25) is 0 Å². The van der Waals surface area contributed by atoms with Gasteiger partial charge < -0.3 is 4.98 Å². The molecule has 4 heteroatoms. The number of H-pyrrole nitrogens is 1. The minimum atomic E-state index is -4.34. The molecule has 0 fully saturated rings. The van der Waals surface area contributed by atoms with Crippen LogP contribution in [0.3, 0.4) is 0 Å². The Bertz CT molecular complexity index is 725. The molecule has 19 heavy (non-hydrogen) atoms. The zero-order chi connectivity index (χ0) is 13.5. The van der Waals surface area contributed by atoms with Crippen molar-refractivity contribution < 1.29 is 13.2 Å². The van der Waals surface area contributed by atoms with Gasteiger partial charge >= 0.3 is 6.18 Å². The van der Waals surface area contributed by atoms with Gasteiger partial charge in [-0.3, -0.25) is 0 Å². The zero-order valence-corrected chi connectivity index (χ0v) is 9.83. The van der Waals surface area contributed by atoms with E-state index in [1.54, 1.807) is 30.5 Å². The molecule has 0 saturated heterocycles. The maximum Gasteiger partial charge on any atom is 0.417 e. The average Bonchev–Trinajstić information content (AvgIpc) is 2.85. The quantitative estimate of drug-likeness (QED) is 0.644. The summed E-state index contributed by atoms with van der Waals surface area (Å²) < 4.78 is 38.9. The van der Waals surface area contributed by atoms with E-state index in [1.807, 2.05) is 6.07 Å². The Morgan fingerprint density at radius 3 is 2.47 bits per heavy atom. The molecule has 0 aliphatic heterocycles. The first kappa shape index (κ1) is 11.8. The summed E-state index contributed by atoms with van der Waals surface area (Å²) in [6.45, 7) is 0. The fraction of sp³-hybridized carbons (Fsp3) is 0.0667. The van der Waals surface area contributed by atoms with E-state index in [0.717, 1.165) is 17.0 Å². The van der Waals surface area contributed by atoms with Crippen molar-refractivity contribution in [1.29, 1.82) is 0 Å². The van der Waals surface area contributed by atoms with E-state index in [4.69, 9.17) is 0 Å². The SMILES string of the molecule is FC(F)(F)c1ccccc1-c1ccc2[nH]ccc2c1. The van der Waals surface area contributed by atoms with Crippen LogP contribution in [0.15, 0.2) is 54.7 Å². The van der Waals surface area contributed by atoms with Crippen LogP contribution >= 0.6 is 0 Å². The van der Waals surface area contributed by atoms with Crippen LogP contribution in [-0.2, 0) is 6.18 Å². The lowest BCUT2D eigenvalue weighted by Crippen LogP contribution is -2.06. The van der Waals surface area contributed by atoms with Crippen molar-refractivity contribution in [3.63, 3.8) is 0 Å². The van der Waals surface area contributed by atoms with Crippen molar-refractivity contribution in [2.24, 2.45) is 0 Å². The van der Waals surface area contributed by atoms with Gasteiger partial charge in [-0.2, -0.15) is 13.2 Å². The number of alkyl halides is 3. The highest BCUT2D eigenvalue weighted by Gasteiger charge is 2.33. The van der Waals surface area contributed by atoms with Crippen molar-refractivity contribution in [2.75, 3.05) is 0 Å². The van der Waals surface area contributed by atoms with Crippen molar-refractivity contribution in [2.45, 2.75) is 6.18 Å². The molecular weight excluding hydrogens is 251 g/mol. The van der Waals surface area contributed by atoms with E-state index in [1.165, 1.54) is 12.1 Å². The third-order valence-corrected chi connectivity index (χ3v) is 3.10. The molecule has 96 valence electrons. The highest BCUT2D eigenvalue weighted by atomic mass is 19.4. The Kier molecular flexibility index (Phi) is 2.59. The van der Waals surface area contributed by atoms with E-state index in [9.17, 15) is 13.2 Å². The molecule has 0 saturated carbocycles. The summed E-state index contributed by atoms with van der Waals surface area (Å²) >= 11 is 0. The van der Waals surface area contributed by atoms with E-state index < -0.39 is 11.7 Å². The Morgan fingerprint density at radius 2 is 1.68 bits per heavy atom. The lowest BCUT2D eigenvalue weighted by molar-refractivity contribution is -0.137. The Hall–Kier alpha value is -2.23. The number of hydrogen-bond acceptors (Lipinski definition) is 0. The summed E-state index contributed by atoms with van der Waals surface area (Å²) in [4.78, 5) is 3.02. The third kappa shape index (κ3) is 2.10. The zero-order valence-electron chi connectivity index (χ0n) is 9.83. The number of nitrogens with one attached hydrogen (secondary N) is 1. The van der Waals surface area contributed by atoms with E-state index >= 15 is 0 Å². The molecule has 0 aliphatic carbocycles. The van der Waals surface area contributed by atoms with Gasteiger partial charge in [-0.1, -0.05) is 24.3 Å². The van der Waals surface area contributed by atoms with Crippen LogP contribution in [-0.4, -0.2) is 4.98 Å². The first-order valence-electron chi connectivity index (χ1n) is 5.79. The molecule has 0 radical (unpaired) electrons.